The minimum Gasteiger partial charge on any atom is -0.325 e. The average molecular weight is 321 g/mol. The van der Waals surface area contributed by atoms with Crippen molar-refractivity contribution in [3.8, 4) is 0 Å². The lowest BCUT2D eigenvalue weighted by Crippen LogP contribution is -2.24. The molecule has 0 aliphatic carbocycles. The summed E-state index contributed by atoms with van der Waals surface area (Å²) in [4.78, 5) is 11.8. The molecule has 0 aliphatic heterocycles. The SMILES string of the molecule is Cc1ccc(NC(=O)CS(=O)(=O)Cc2cccc(F)c2)cc1. The first kappa shape index (κ1) is 16.2. The molecule has 0 aliphatic rings. The van der Waals surface area contributed by atoms with Gasteiger partial charge < -0.3 is 5.32 Å². The summed E-state index contributed by atoms with van der Waals surface area (Å²) in [6, 6.07) is 12.4. The monoisotopic (exact) mass is 321 g/mol. The highest BCUT2D eigenvalue weighted by molar-refractivity contribution is 7.91. The maximum absolute atomic E-state index is 13.1. The number of carbonyl (C=O) groups excluding carboxylic acids is 1. The van der Waals surface area contributed by atoms with E-state index in [9.17, 15) is 17.6 Å². The standard InChI is InChI=1S/C16H16FNO3S/c1-12-5-7-15(8-6-12)18-16(19)11-22(20,21)10-13-3-2-4-14(17)9-13/h2-9H,10-11H2,1H3,(H,18,19). The third-order valence-electron chi connectivity index (χ3n) is 2.96. The first-order valence-corrected chi connectivity index (χ1v) is 8.47. The Labute approximate surface area is 128 Å². The highest BCUT2D eigenvalue weighted by Crippen LogP contribution is 2.11. The first-order valence-electron chi connectivity index (χ1n) is 6.65. The minimum atomic E-state index is -3.66. The molecule has 0 radical (unpaired) electrons. The number of benzene rings is 2. The van der Waals surface area contributed by atoms with Gasteiger partial charge in [-0.25, -0.2) is 12.8 Å². The van der Waals surface area contributed by atoms with Gasteiger partial charge in [0.1, 0.15) is 11.6 Å². The number of rotatable bonds is 5. The molecule has 0 saturated heterocycles. The van der Waals surface area contributed by atoms with E-state index in [1.807, 2.05) is 19.1 Å². The van der Waals surface area contributed by atoms with Crippen molar-refractivity contribution in [2.45, 2.75) is 12.7 Å². The van der Waals surface area contributed by atoms with Crippen LogP contribution in [0.1, 0.15) is 11.1 Å². The van der Waals surface area contributed by atoms with Gasteiger partial charge in [0, 0.05) is 5.69 Å². The Morgan fingerprint density at radius 1 is 1.14 bits per heavy atom. The smallest absolute Gasteiger partial charge is 0.239 e. The summed E-state index contributed by atoms with van der Waals surface area (Å²) in [7, 11) is -3.66. The molecule has 0 atom stereocenters. The second kappa shape index (κ2) is 6.70. The molecule has 4 nitrogen and oxygen atoms in total. The molecule has 0 aromatic heterocycles. The molecule has 0 saturated carbocycles. The quantitative estimate of drug-likeness (QED) is 0.921. The number of hydrogen-bond donors (Lipinski definition) is 1. The van der Waals surface area contributed by atoms with E-state index in [1.165, 1.54) is 18.2 Å². The largest absolute Gasteiger partial charge is 0.325 e. The zero-order chi connectivity index (χ0) is 16.2. The van der Waals surface area contributed by atoms with Crippen LogP contribution in [0.3, 0.4) is 0 Å². The van der Waals surface area contributed by atoms with E-state index in [4.69, 9.17) is 0 Å². The summed E-state index contributed by atoms with van der Waals surface area (Å²) in [6.45, 7) is 1.91. The fourth-order valence-electron chi connectivity index (χ4n) is 1.97. The zero-order valence-corrected chi connectivity index (χ0v) is 12.9. The van der Waals surface area contributed by atoms with Gasteiger partial charge in [0.15, 0.2) is 9.84 Å². The summed E-state index contributed by atoms with van der Waals surface area (Å²) in [5, 5.41) is 2.53. The fraction of sp³-hybridized carbons (Fsp3) is 0.188. The number of sulfone groups is 1. The van der Waals surface area contributed by atoms with E-state index in [0.717, 1.165) is 11.6 Å². The van der Waals surface area contributed by atoms with Crippen molar-refractivity contribution in [1.29, 1.82) is 0 Å². The number of carbonyl (C=O) groups is 1. The van der Waals surface area contributed by atoms with Crippen LogP contribution in [0.15, 0.2) is 48.5 Å². The number of aryl methyl sites for hydroxylation is 1. The Kier molecular flexibility index (Phi) is 4.92. The Balaban J connectivity index is 1.99. The molecule has 22 heavy (non-hydrogen) atoms. The van der Waals surface area contributed by atoms with E-state index in [2.05, 4.69) is 5.32 Å². The third kappa shape index (κ3) is 4.96. The van der Waals surface area contributed by atoms with E-state index in [0.29, 0.717) is 11.3 Å². The van der Waals surface area contributed by atoms with Crippen molar-refractivity contribution < 1.29 is 17.6 Å². The molecule has 2 rings (SSSR count). The number of halogens is 1. The topological polar surface area (TPSA) is 63.2 Å². The predicted molar refractivity (Wildman–Crippen MR) is 83.7 cm³/mol. The lowest BCUT2D eigenvalue weighted by atomic mass is 10.2. The van der Waals surface area contributed by atoms with E-state index in [-0.39, 0.29) is 5.75 Å². The third-order valence-corrected chi connectivity index (χ3v) is 4.44. The van der Waals surface area contributed by atoms with E-state index >= 15 is 0 Å². The van der Waals surface area contributed by atoms with Crippen molar-refractivity contribution >= 4 is 21.4 Å². The zero-order valence-electron chi connectivity index (χ0n) is 12.0. The number of hydrogen-bond acceptors (Lipinski definition) is 3. The van der Waals surface area contributed by atoms with Crippen LogP contribution in [-0.4, -0.2) is 20.1 Å². The van der Waals surface area contributed by atoms with Gasteiger partial charge in [0.2, 0.25) is 5.91 Å². The van der Waals surface area contributed by atoms with Gasteiger partial charge in [0.05, 0.1) is 5.75 Å². The molecule has 2 aromatic rings. The first-order chi connectivity index (χ1) is 10.3. The molecule has 1 N–H and O–H groups in total. The number of amides is 1. The lowest BCUT2D eigenvalue weighted by molar-refractivity contribution is -0.113. The van der Waals surface area contributed by atoms with Gasteiger partial charge >= 0.3 is 0 Å². The van der Waals surface area contributed by atoms with Gasteiger partial charge in [-0.1, -0.05) is 29.8 Å². The van der Waals surface area contributed by atoms with Crippen LogP contribution in [0, 0.1) is 12.7 Å². The normalized spacial score (nSPS) is 11.2. The number of nitrogens with one attached hydrogen (secondary N) is 1. The van der Waals surface area contributed by atoms with Crippen LogP contribution in [0.5, 0.6) is 0 Å². The summed E-state index contributed by atoms with van der Waals surface area (Å²) >= 11 is 0. The highest BCUT2D eigenvalue weighted by Gasteiger charge is 2.17. The highest BCUT2D eigenvalue weighted by atomic mass is 32.2. The summed E-state index contributed by atoms with van der Waals surface area (Å²) in [5.41, 5.74) is 1.90. The summed E-state index contributed by atoms with van der Waals surface area (Å²) in [5.74, 6) is -2.12. The molecule has 0 heterocycles. The van der Waals surface area contributed by atoms with Gasteiger partial charge in [0.25, 0.3) is 0 Å². The van der Waals surface area contributed by atoms with Gasteiger partial charge in [-0.05, 0) is 36.8 Å². The molecule has 0 fully saturated rings. The van der Waals surface area contributed by atoms with Crippen molar-refractivity contribution in [3.05, 3.63) is 65.5 Å². The molecule has 116 valence electrons. The molecule has 2 aromatic carbocycles. The van der Waals surface area contributed by atoms with Crippen molar-refractivity contribution in [2.24, 2.45) is 0 Å². The maximum atomic E-state index is 13.1. The average Bonchev–Trinajstić information content (AvgIpc) is 2.40. The molecule has 0 unspecified atom stereocenters. The van der Waals surface area contributed by atoms with Crippen LogP contribution in [0.25, 0.3) is 0 Å². The molecule has 6 heteroatoms. The Morgan fingerprint density at radius 3 is 2.45 bits per heavy atom. The van der Waals surface area contributed by atoms with Crippen LogP contribution in [-0.2, 0) is 20.4 Å². The van der Waals surface area contributed by atoms with Crippen LogP contribution in [0.2, 0.25) is 0 Å². The minimum absolute atomic E-state index is 0.322. The van der Waals surface area contributed by atoms with Gasteiger partial charge in [-0.3, -0.25) is 4.79 Å². The fourth-order valence-corrected chi connectivity index (χ4v) is 3.23. The van der Waals surface area contributed by atoms with Crippen LogP contribution < -0.4 is 5.32 Å². The van der Waals surface area contributed by atoms with Crippen molar-refractivity contribution in [2.75, 3.05) is 11.1 Å². The maximum Gasteiger partial charge on any atom is 0.239 e. The van der Waals surface area contributed by atoms with Crippen molar-refractivity contribution in [1.82, 2.24) is 0 Å². The predicted octanol–water partition coefficient (Wildman–Crippen LogP) is 2.69. The summed E-state index contributed by atoms with van der Waals surface area (Å²) < 4.78 is 37.0. The Bertz CT molecular complexity index is 770. The van der Waals surface area contributed by atoms with E-state index < -0.39 is 27.3 Å². The Hall–Kier alpha value is -2.21. The van der Waals surface area contributed by atoms with Crippen LogP contribution >= 0.6 is 0 Å². The lowest BCUT2D eigenvalue weighted by Gasteiger charge is -2.07. The van der Waals surface area contributed by atoms with E-state index in [1.54, 1.807) is 12.1 Å². The molecular formula is C16H16FNO3S. The second-order valence-corrected chi connectivity index (χ2v) is 7.14. The summed E-state index contributed by atoms with van der Waals surface area (Å²) in [6.07, 6.45) is 0. The molecule has 0 bridgehead atoms. The van der Waals surface area contributed by atoms with Crippen LogP contribution in [0.4, 0.5) is 10.1 Å². The molecule has 1 amide bonds. The molecular weight excluding hydrogens is 305 g/mol. The van der Waals surface area contributed by atoms with Gasteiger partial charge in [-0.15, -0.1) is 0 Å². The number of anilines is 1. The molecule has 0 spiro atoms. The Morgan fingerprint density at radius 2 is 1.82 bits per heavy atom. The second-order valence-electron chi connectivity index (χ2n) is 5.08. The van der Waals surface area contributed by atoms with Crippen molar-refractivity contribution in [3.63, 3.8) is 0 Å². The van der Waals surface area contributed by atoms with Gasteiger partial charge in [-0.2, -0.15) is 0 Å².